The van der Waals surface area contributed by atoms with Crippen molar-refractivity contribution in [3.05, 3.63) is 53.8 Å². The number of hydrogen-bond acceptors (Lipinski definition) is 7. The first-order chi connectivity index (χ1) is 12.8. The van der Waals surface area contributed by atoms with Crippen molar-refractivity contribution in [3.63, 3.8) is 0 Å². The van der Waals surface area contributed by atoms with Gasteiger partial charge in [-0.2, -0.15) is 18.2 Å². The lowest BCUT2D eigenvalue weighted by Gasteiger charge is -2.07. The topological polar surface area (TPSA) is 103 Å². The molecule has 11 heteroatoms. The molecule has 0 aliphatic heterocycles. The molecular weight excluding hydrogens is 367 g/mol. The Labute approximate surface area is 150 Å². The number of anilines is 1. The fourth-order valence-corrected chi connectivity index (χ4v) is 1.93. The molecule has 1 amide bonds. The van der Waals surface area contributed by atoms with Crippen molar-refractivity contribution < 1.29 is 27.2 Å². The number of carbonyl (C=O) groups is 1. The van der Waals surface area contributed by atoms with Crippen LogP contribution >= 0.6 is 0 Å². The summed E-state index contributed by atoms with van der Waals surface area (Å²) in [6, 6.07) is 6.33. The Morgan fingerprint density at radius 3 is 2.59 bits per heavy atom. The molecular formula is C16H12F3N5O3. The number of nitrogens with one attached hydrogen (secondary N) is 1. The first-order valence-corrected chi connectivity index (χ1v) is 7.54. The van der Waals surface area contributed by atoms with Crippen molar-refractivity contribution in [1.29, 1.82) is 0 Å². The standard InChI is InChI=1S/C16H12F3N5O3/c1-9-2-3-10(6-20-9)8-26-15(25)22-11-4-5-12(21-7-11)13-23-14(27-24-13)16(17,18)19/h2-7H,8H2,1H3,(H,22,25). The zero-order valence-corrected chi connectivity index (χ0v) is 13.8. The highest BCUT2D eigenvalue weighted by Gasteiger charge is 2.38. The first-order valence-electron chi connectivity index (χ1n) is 7.54. The van der Waals surface area contributed by atoms with Crippen LogP contribution in [0.5, 0.6) is 0 Å². The molecule has 3 rings (SSSR count). The van der Waals surface area contributed by atoms with Crippen LogP contribution in [0.1, 0.15) is 17.1 Å². The third kappa shape index (κ3) is 4.77. The first kappa shape index (κ1) is 18.3. The van der Waals surface area contributed by atoms with Gasteiger partial charge in [-0.3, -0.25) is 15.3 Å². The second-order valence-electron chi connectivity index (χ2n) is 5.36. The molecule has 140 valence electrons. The van der Waals surface area contributed by atoms with Crippen LogP contribution < -0.4 is 5.32 Å². The summed E-state index contributed by atoms with van der Waals surface area (Å²) in [5.74, 6) is -1.78. The number of alkyl halides is 3. The van der Waals surface area contributed by atoms with Crippen LogP contribution in [-0.4, -0.2) is 26.2 Å². The van der Waals surface area contributed by atoms with Crippen molar-refractivity contribution in [2.45, 2.75) is 19.7 Å². The number of aryl methyl sites for hydroxylation is 1. The number of nitrogens with zero attached hydrogens (tertiary/aromatic N) is 4. The largest absolute Gasteiger partial charge is 0.471 e. The van der Waals surface area contributed by atoms with Gasteiger partial charge in [0.15, 0.2) is 0 Å². The van der Waals surface area contributed by atoms with Gasteiger partial charge in [0.05, 0.1) is 11.9 Å². The lowest BCUT2D eigenvalue weighted by Crippen LogP contribution is -2.13. The molecule has 0 spiro atoms. The van der Waals surface area contributed by atoms with Gasteiger partial charge in [-0.1, -0.05) is 11.2 Å². The lowest BCUT2D eigenvalue weighted by molar-refractivity contribution is -0.159. The fraction of sp³-hybridized carbons (Fsp3) is 0.188. The average Bonchev–Trinajstić information content (AvgIpc) is 3.12. The summed E-state index contributed by atoms with van der Waals surface area (Å²) in [7, 11) is 0. The Bertz CT molecular complexity index is 924. The van der Waals surface area contributed by atoms with E-state index in [0.29, 0.717) is 0 Å². The molecule has 0 unspecified atom stereocenters. The smallest absolute Gasteiger partial charge is 0.444 e. The third-order valence-corrected chi connectivity index (χ3v) is 3.25. The Kier molecular flexibility index (Phi) is 5.01. The van der Waals surface area contributed by atoms with Crippen molar-refractivity contribution >= 4 is 11.8 Å². The van der Waals surface area contributed by atoms with Crippen molar-refractivity contribution in [2.75, 3.05) is 5.32 Å². The zero-order valence-electron chi connectivity index (χ0n) is 13.8. The summed E-state index contributed by atoms with van der Waals surface area (Å²) in [5, 5.41) is 5.67. The van der Waals surface area contributed by atoms with Gasteiger partial charge in [-0.25, -0.2) is 4.79 Å². The van der Waals surface area contributed by atoms with Crippen LogP contribution in [0.2, 0.25) is 0 Å². The zero-order chi connectivity index (χ0) is 19.4. The molecule has 0 saturated heterocycles. The maximum atomic E-state index is 12.5. The third-order valence-electron chi connectivity index (χ3n) is 3.25. The average molecular weight is 379 g/mol. The van der Waals surface area contributed by atoms with Gasteiger partial charge in [0, 0.05) is 17.5 Å². The number of aromatic nitrogens is 4. The van der Waals surface area contributed by atoms with Gasteiger partial charge in [0.1, 0.15) is 12.3 Å². The lowest BCUT2D eigenvalue weighted by atomic mass is 10.3. The minimum atomic E-state index is -4.73. The summed E-state index contributed by atoms with van der Waals surface area (Å²) in [6.45, 7) is 1.88. The number of hydrogen-bond donors (Lipinski definition) is 1. The molecule has 3 aromatic heterocycles. The van der Waals surface area contributed by atoms with E-state index in [1.54, 1.807) is 18.3 Å². The molecule has 0 aromatic carbocycles. The Hall–Kier alpha value is -3.50. The molecule has 3 heterocycles. The normalized spacial score (nSPS) is 11.3. The Balaban J connectivity index is 1.57. The van der Waals surface area contributed by atoms with Gasteiger partial charge in [0.2, 0.25) is 5.82 Å². The molecule has 3 aromatic rings. The molecule has 27 heavy (non-hydrogen) atoms. The highest BCUT2D eigenvalue weighted by molar-refractivity contribution is 5.84. The van der Waals surface area contributed by atoms with Crippen LogP contribution in [0.3, 0.4) is 0 Å². The summed E-state index contributed by atoms with van der Waals surface area (Å²) in [5.41, 5.74) is 1.91. The van der Waals surface area contributed by atoms with Crippen molar-refractivity contribution in [1.82, 2.24) is 20.1 Å². The highest BCUT2D eigenvalue weighted by atomic mass is 19.4. The summed E-state index contributed by atoms with van der Waals surface area (Å²) in [6.07, 6.45) is -2.63. The number of carbonyl (C=O) groups excluding carboxylic acids is 1. The SMILES string of the molecule is Cc1ccc(COC(=O)Nc2ccc(-c3noc(C(F)(F)F)n3)nc2)cn1. The number of pyridine rings is 2. The van der Waals surface area contributed by atoms with E-state index in [2.05, 4.69) is 29.9 Å². The number of ether oxygens (including phenoxy) is 1. The molecule has 0 atom stereocenters. The molecule has 1 N–H and O–H groups in total. The summed E-state index contributed by atoms with van der Waals surface area (Å²) < 4.78 is 46.6. The second kappa shape index (κ2) is 7.40. The predicted molar refractivity (Wildman–Crippen MR) is 85.3 cm³/mol. The van der Waals surface area contributed by atoms with E-state index in [-0.39, 0.29) is 23.8 Å². The van der Waals surface area contributed by atoms with Crippen LogP contribution in [-0.2, 0) is 17.5 Å². The monoisotopic (exact) mass is 379 g/mol. The van der Waals surface area contributed by atoms with Crippen LogP contribution in [0, 0.1) is 6.92 Å². The van der Waals surface area contributed by atoms with Crippen LogP contribution in [0.15, 0.2) is 41.2 Å². The predicted octanol–water partition coefficient (Wildman–Crippen LogP) is 3.60. The molecule has 0 bridgehead atoms. The van der Waals surface area contributed by atoms with E-state index in [1.807, 2.05) is 6.92 Å². The van der Waals surface area contributed by atoms with Gasteiger partial charge in [-0.05, 0) is 25.1 Å². The highest BCUT2D eigenvalue weighted by Crippen LogP contribution is 2.29. The van der Waals surface area contributed by atoms with Gasteiger partial charge < -0.3 is 9.26 Å². The van der Waals surface area contributed by atoms with E-state index in [9.17, 15) is 18.0 Å². The van der Waals surface area contributed by atoms with E-state index in [4.69, 9.17) is 4.74 Å². The van der Waals surface area contributed by atoms with Gasteiger partial charge >= 0.3 is 18.2 Å². The van der Waals surface area contributed by atoms with Crippen molar-refractivity contribution in [2.24, 2.45) is 0 Å². The minimum absolute atomic E-state index is 0.0354. The van der Waals surface area contributed by atoms with E-state index < -0.39 is 18.2 Å². The molecule has 0 saturated carbocycles. The molecule has 0 fully saturated rings. The van der Waals surface area contributed by atoms with E-state index >= 15 is 0 Å². The van der Waals surface area contributed by atoms with E-state index in [1.165, 1.54) is 18.3 Å². The number of halogens is 3. The maximum absolute atomic E-state index is 12.5. The minimum Gasteiger partial charge on any atom is -0.444 e. The van der Waals surface area contributed by atoms with Crippen LogP contribution in [0.25, 0.3) is 11.5 Å². The second-order valence-corrected chi connectivity index (χ2v) is 5.36. The quantitative estimate of drug-likeness (QED) is 0.739. The molecule has 0 aliphatic carbocycles. The van der Waals surface area contributed by atoms with Gasteiger partial charge in [-0.15, -0.1) is 0 Å². The Morgan fingerprint density at radius 1 is 1.19 bits per heavy atom. The number of rotatable bonds is 4. The maximum Gasteiger partial charge on any atom is 0.471 e. The Morgan fingerprint density at radius 2 is 2.00 bits per heavy atom. The number of amides is 1. The molecule has 8 nitrogen and oxygen atoms in total. The summed E-state index contributed by atoms with van der Waals surface area (Å²) in [4.78, 5) is 23.0. The van der Waals surface area contributed by atoms with E-state index in [0.717, 1.165) is 11.3 Å². The fourth-order valence-electron chi connectivity index (χ4n) is 1.93. The van der Waals surface area contributed by atoms with Crippen molar-refractivity contribution in [3.8, 4) is 11.5 Å². The van der Waals surface area contributed by atoms with Gasteiger partial charge in [0.25, 0.3) is 0 Å². The molecule has 0 aliphatic rings. The molecule has 0 radical (unpaired) electrons. The summed E-state index contributed by atoms with van der Waals surface area (Å²) >= 11 is 0. The van der Waals surface area contributed by atoms with Crippen LogP contribution in [0.4, 0.5) is 23.7 Å².